The molecule has 1 heterocycles. The molecule has 0 unspecified atom stereocenters. The maximum atomic E-state index is 12.9. The first-order chi connectivity index (χ1) is 11.1. The lowest BCUT2D eigenvalue weighted by atomic mass is 10.1. The van der Waals surface area contributed by atoms with E-state index >= 15 is 0 Å². The third kappa shape index (κ3) is 3.47. The third-order valence-corrected chi connectivity index (χ3v) is 5.42. The average Bonchev–Trinajstić information content (AvgIpc) is 3.19. The van der Waals surface area contributed by atoms with Crippen molar-refractivity contribution in [2.24, 2.45) is 0 Å². The molecule has 3 rings (SSSR count). The van der Waals surface area contributed by atoms with Crippen LogP contribution in [0.15, 0.2) is 29.6 Å². The van der Waals surface area contributed by atoms with E-state index < -0.39 is 0 Å². The highest BCUT2D eigenvalue weighted by Crippen LogP contribution is 2.29. The third-order valence-electron chi connectivity index (χ3n) is 4.53. The molecule has 1 amide bonds. The summed E-state index contributed by atoms with van der Waals surface area (Å²) in [4.78, 5) is 19.6. The van der Waals surface area contributed by atoms with Crippen LogP contribution in [0.4, 0.5) is 0 Å². The number of carbonyl (C=O) groups is 1. The maximum Gasteiger partial charge on any atom is 0.273 e. The highest BCUT2D eigenvalue weighted by atomic mass is 32.1. The molecule has 1 aliphatic rings. The number of benzene rings is 1. The van der Waals surface area contributed by atoms with E-state index in [1.807, 2.05) is 10.3 Å². The number of thiazole rings is 1. The zero-order chi connectivity index (χ0) is 16.4. The Bertz CT molecular complexity index is 669. The molecule has 0 saturated heterocycles. The second kappa shape index (κ2) is 6.83. The van der Waals surface area contributed by atoms with Crippen LogP contribution in [0.25, 0.3) is 10.6 Å². The van der Waals surface area contributed by atoms with Crippen molar-refractivity contribution < 1.29 is 4.79 Å². The van der Waals surface area contributed by atoms with Gasteiger partial charge >= 0.3 is 0 Å². The minimum absolute atomic E-state index is 0.0847. The second-order valence-corrected chi connectivity index (χ2v) is 7.51. The lowest BCUT2D eigenvalue weighted by Crippen LogP contribution is -2.43. The topological polar surface area (TPSA) is 33.2 Å². The Hall–Kier alpha value is -1.68. The number of carbonyl (C=O) groups excluding carboxylic acids is 1. The number of amides is 1. The van der Waals surface area contributed by atoms with E-state index in [4.69, 9.17) is 0 Å². The van der Waals surface area contributed by atoms with Crippen molar-refractivity contribution in [2.75, 3.05) is 0 Å². The summed E-state index contributed by atoms with van der Waals surface area (Å²) in [5, 5.41) is 2.82. The Kier molecular flexibility index (Phi) is 4.81. The van der Waals surface area contributed by atoms with Crippen molar-refractivity contribution in [3.8, 4) is 10.6 Å². The first kappa shape index (κ1) is 16.2. The van der Waals surface area contributed by atoms with Gasteiger partial charge in [0.2, 0.25) is 0 Å². The number of aromatic nitrogens is 1. The molecule has 2 aromatic rings. The SMILES string of the molecule is Cc1ccc(-c2nc(C(=O)N(C(C)C)C3CCCC3)cs2)cc1. The van der Waals surface area contributed by atoms with Crippen molar-refractivity contribution in [3.63, 3.8) is 0 Å². The van der Waals surface area contributed by atoms with Crippen molar-refractivity contribution in [1.82, 2.24) is 9.88 Å². The van der Waals surface area contributed by atoms with Gasteiger partial charge in [-0.05, 0) is 33.6 Å². The fourth-order valence-electron chi connectivity index (χ4n) is 3.34. The molecule has 23 heavy (non-hydrogen) atoms. The molecule has 0 atom stereocenters. The fraction of sp³-hybridized carbons (Fsp3) is 0.474. The minimum atomic E-state index is 0.0847. The largest absolute Gasteiger partial charge is 0.332 e. The maximum absolute atomic E-state index is 12.9. The lowest BCUT2D eigenvalue weighted by Gasteiger charge is -2.32. The smallest absolute Gasteiger partial charge is 0.273 e. The van der Waals surface area contributed by atoms with E-state index in [1.165, 1.54) is 18.4 Å². The minimum Gasteiger partial charge on any atom is -0.332 e. The molecule has 4 heteroatoms. The predicted molar refractivity (Wildman–Crippen MR) is 95.8 cm³/mol. The van der Waals surface area contributed by atoms with Crippen molar-refractivity contribution >= 4 is 17.2 Å². The van der Waals surface area contributed by atoms with Crippen LogP contribution in [0.5, 0.6) is 0 Å². The van der Waals surface area contributed by atoms with Crippen molar-refractivity contribution in [2.45, 2.75) is 58.5 Å². The molecule has 1 aliphatic carbocycles. The van der Waals surface area contributed by atoms with Crippen LogP contribution < -0.4 is 0 Å². The van der Waals surface area contributed by atoms with Gasteiger partial charge < -0.3 is 4.90 Å². The molecule has 1 aromatic carbocycles. The Labute approximate surface area is 142 Å². The molecule has 0 spiro atoms. The molecule has 1 fully saturated rings. The molecular formula is C19H24N2OS. The number of rotatable bonds is 4. The Balaban J connectivity index is 1.83. The van der Waals surface area contributed by atoms with Gasteiger partial charge in [-0.1, -0.05) is 42.7 Å². The van der Waals surface area contributed by atoms with E-state index in [9.17, 15) is 4.79 Å². The molecule has 122 valence electrons. The lowest BCUT2D eigenvalue weighted by molar-refractivity contribution is 0.0608. The molecule has 0 aliphatic heterocycles. The molecule has 3 nitrogen and oxygen atoms in total. The zero-order valence-corrected chi connectivity index (χ0v) is 14.9. The van der Waals surface area contributed by atoms with Crippen molar-refractivity contribution in [1.29, 1.82) is 0 Å². The number of aryl methyl sites for hydroxylation is 1. The van der Waals surface area contributed by atoms with Gasteiger partial charge in [0.1, 0.15) is 10.7 Å². The first-order valence-electron chi connectivity index (χ1n) is 8.41. The Morgan fingerprint density at radius 3 is 2.48 bits per heavy atom. The summed E-state index contributed by atoms with van der Waals surface area (Å²) in [7, 11) is 0. The van der Waals surface area contributed by atoms with Crippen LogP contribution in [0.1, 0.15) is 55.6 Å². The van der Waals surface area contributed by atoms with Crippen LogP contribution in [-0.2, 0) is 0 Å². The molecule has 1 saturated carbocycles. The van der Waals surface area contributed by atoms with E-state index in [-0.39, 0.29) is 11.9 Å². The summed E-state index contributed by atoms with van der Waals surface area (Å²) in [6, 6.07) is 8.90. The van der Waals surface area contributed by atoms with Gasteiger partial charge in [0.15, 0.2) is 0 Å². The summed E-state index contributed by atoms with van der Waals surface area (Å²) in [5.41, 5.74) is 2.90. The highest BCUT2D eigenvalue weighted by molar-refractivity contribution is 7.13. The van der Waals surface area contributed by atoms with Gasteiger partial charge in [-0.3, -0.25) is 4.79 Å². The predicted octanol–water partition coefficient (Wildman–Crippen LogP) is 4.91. The van der Waals surface area contributed by atoms with E-state index in [0.717, 1.165) is 23.4 Å². The zero-order valence-electron chi connectivity index (χ0n) is 14.1. The molecule has 1 aromatic heterocycles. The normalized spacial score (nSPS) is 15.3. The van der Waals surface area contributed by atoms with Crippen LogP contribution in [-0.4, -0.2) is 27.9 Å². The Morgan fingerprint density at radius 1 is 1.22 bits per heavy atom. The van der Waals surface area contributed by atoms with Gasteiger partial charge in [0.05, 0.1) is 0 Å². The van der Waals surface area contributed by atoms with E-state index in [0.29, 0.717) is 11.7 Å². The molecular weight excluding hydrogens is 304 g/mol. The van der Waals surface area contributed by atoms with Gasteiger partial charge in [-0.25, -0.2) is 4.98 Å². The van der Waals surface area contributed by atoms with Crippen LogP contribution in [0.2, 0.25) is 0 Å². The van der Waals surface area contributed by atoms with Crippen LogP contribution in [0, 0.1) is 6.92 Å². The summed E-state index contributed by atoms with van der Waals surface area (Å²) in [6.45, 7) is 6.27. The quantitative estimate of drug-likeness (QED) is 0.799. The second-order valence-electron chi connectivity index (χ2n) is 6.65. The average molecular weight is 328 g/mol. The van der Waals surface area contributed by atoms with Gasteiger partial charge in [0, 0.05) is 23.0 Å². The summed E-state index contributed by atoms with van der Waals surface area (Å²) in [5.74, 6) is 0.0847. The van der Waals surface area contributed by atoms with Gasteiger partial charge in [-0.2, -0.15) is 0 Å². The summed E-state index contributed by atoms with van der Waals surface area (Å²) >= 11 is 1.55. The van der Waals surface area contributed by atoms with Gasteiger partial charge in [-0.15, -0.1) is 11.3 Å². The number of hydrogen-bond acceptors (Lipinski definition) is 3. The molecule has 0 radical (unpaired) electrons. The van der Waals surface area contributed by atoms with E-state index in [1.54, 1.807) is 11.3 Å². The standard InChI is InChI=1S/C19H24N2OS/c1-13(2)21(16-6-4-5-7-16)19(22)17-12-23-18(20-17)15-10-8-14(3)9-11-15/h8-13,16H,4-7H2,1-3H3. The highest BCUT2D eigenvalue weighted by Gasteiger charge is 2.30. The van der Waals surface area contributed by atoms with Crippen LogP contribution in [0.3, 0.4) is 0 Å². The van der Waals surface area contributed by atoms with Gasteiger partial charge in [0.25, 0.3) is 5.91 Å². The fourth-order valence-corrected chi connectivity index (χ4v) is 4.14. The summed E-state index contributed by atoms with van der Waals surface area (Å²) < 4.78 is 0. The molecule has 0 bridgehead atoms. The monoisotopic (exact) mass is 328 g/mol. The molecule has 0 N–H and O–H groups in total. The van der Waals surface area contributed by atoms with Crippen molar-refractivity contribution in [3.05, 3.63) is 40.9 Å². The first-order valence-corrected chi connectivity index (χ1v) is 9.29. The number of hydrogen-bond donors (Lipinski definition) is 0. The van der Waals surface area contributed by atoms with Crippen LogP contribution >= 0.6 is 11.3 Å². The van der Waals surface area contributed by atoms with E-state index in [2.05, 4.69) is 50.0 Å². The Morgan fingerprint density at radius 2 is 1.87 bits per heavy atom. The number of nitrogens with zero attached hydrogens (tertiary/aromatic N) is 2. The summed E-state index contributed by atoms with van der Waals surface area (Å²) in [6.07, 6.45) is 4.71.